The second-order valence-electron chi connectivity index (χ2n) is 6.14. The molecule has 0 aliphatic rings. The number of carbonyl (C=O) groups is 2. The number of hydrogen-bond donors (Lipinski definition) is 1. The summed E-state index contributed by atoms with van der Waals surface area (Å²) < 4.78 is 15.0. The van der Waals surface area contributed by atoms with E-state index in [0.717, 1.165) is 5.56 Å². The first-order valence-electron chi connectivity index (χ1n) is 8.47. The van der Waals surface area contributed by atoms with E-state index in [1.54, 1.807) is 48.5 Å². The molecule has 0 aromatic heterocycles. The van der Waals surface area contributed by atoms with Gasteiger partial charge in [0.25, 0.3) is 11.8 Å². The van der Waals surface area contributed by atoms with Crippen molar-refractivity contribution >= 4 is 23.2 Å². The number of amides is 2. The average Bonchev–Trinajstić information content (AvgIpc) is 2.69. The number of para-hydroxylation sites is 1. The summed E-state index contributed by atoms with van der Waals surface area (Å²) in [6.45, 7) is 1.86. The van der Waals surface area contributed by atoms with Crippen LogP contribution in [0.25, 0.3) is 0 Å². The molecule has 0 bridgehead atoms. The molecule has 0 radical (unpaired) electrons. The maximum Gasteiger partial charge on any atom is 0.258 e. The molecule has 0 atom stereocenters. The number of carbonyl (C=O) groups excluding carboxylic acids is 2. The van der Waals surface area contributed by atoms with Crippen LogP contribution in [0, 0.1) is 12.7 Å². The Kier molecular flexibility index (Phi) is 5.31. The average molecular weight is 362 g/mol. The molecule has 0 aliphatic carbocycles. The molecule has 0 saturated carbocycles. The van der Waals surface area contributed by atoms with Gasteiger partial charge in [-0.05, 0) is 42.8 Å². The van der Waals surface area contributed by atoms with Crippen LogP contribution in [0.4, 0.5) is 15.8 Å². The molecule has 3 aromatic rings. The van der Waals surface area contributed by atoms with Crippen LogP contribution >= 0.6 is 0 Å². The Morgan fingerprint density at radius 1 is 0.889 bits per heavy atom. The lowest BCUT2D eigenvalue weighted by molar-refractivity contribution is 0.0987. The molecule has 0 spiro atoms. The fraction of sp³-hybridized carbons (Fsp3) is 0.0909. The van der Waals surface area contributed by atoms with Crippen LogP contribution < -0.4 is 10.2 Å². The number of aryl methyl sites for hydroxylation is 1. The van der Waals surface area contributed by atoms with E-state index in [1.165, 1.54) is 24.1 Å². The van der Waals surface area contributed by atoms with Crippen molar-refractivity contribution in [3.8, 4) is 0 Å². The monoisotopic (exact) mass is 362 g/mol. The highest BCUT2D eigenvalue weighted by Gasteiger charge is 2.21. The van der Waals surface area contributed by atoms with Gasteiger partial charge < -0.3 is 10.2 Å². The maximum absolute atomic E-state index is 15.0. The third-order valence-electron chi connectivity index (χ3n) is 4.30. The molecule has 0 unspecified atom stereocenters. The van der Waals surface area contributed by atoms with E-state index in [9.17, 15) is 14.0 Å². The van der Waals surface area contributed by atoms with Crippen molar-refractivity contribution in [2.75, 3.05) is 17.3 Å². The second-order valence-corrected chi connectivity index (χ2v) is 6.14. The highest BCUT2D eigenvalue weighted by molar-refractivity contribution is 6.08. The van der Waals surface area contributed by atoms with E-state index >= 15 is 0 Å². The summed E-state index contributed by atoms with van der Waals surface area (Å²) >= 11 is 0. The summed E-state index contributed by atoms with van der Waals surface area (Å²) in [6, 6.07) is 20.3. The van der Waals surface area contributed by atoms with Gasteiger partial charge >= 0.3 is 0 Å². The smallest absolute Gasteiger partial charge is 0.258 e. The summed E-state index contributed by atoms with van der Waals surface area (Å²) in [6.07, 6.45) is 0. The Bertz CT molecular complexity index is 987. The predicted octanol–water partition coefficient (Wildman–Crippen LogP) is 4.66. The molecule has 3 aromatic carbocycles. The zero-order chi connectivity index (χ0) is 19.4. The fourth-order valence-electron chi connectivity index (χ4n) is 2.74. The first-order valence-corrected chi connectivity index (χ1v) is 8.47. The summed E-state index contributed by atoms with van der Waals surface area (Å²) in [5.41, 5.74) is 1.85. The molecule has 0 saturated heterocycles. The number of halogens is 1. The van der Waals surface area contributed by atoms with Crippen LogP contribution in [0.3, 0.4) is 0 Å². The number of nitrogens with zero attached hydrogens (tertiary/aromatic N) is 1. The van der Waals surface area contributed by atoms with Gasteiger partial charge in [-0.3, -0.25) is 9.59 Å². The highest BCUT2D eigenvalue weighted by atomic mass is 19.1. The SMILES string of the molecule is Cc1ccccc1NC(=O)c1cccc(N(C)C(=O)c2ccccc2)c1F. The molecular weight excluding hydrogens is 343 g/mol. The Labute approximate surface area is 157 Å². The lowest BCUT2D eigenvalue weighted by atomic mass is 10.1. The molecule has 0 fully saturated rings. The summed E-state index contributed by atoms with van der Waals surface area (Å²) in [4.78, 5) is 26.3. The van der Waals surface area contributed by atoms with Gasteiger partial charge in [0.2, 0.25) is 0 Å². The summed E-state index contributed by atoms with van der Waals surface area (Å²) in [5.74, 6) is -1.66. The minimum absolute atomic E-state index is 0.0429. The normalized spacial score (nSPS) is 10.3. The highest BCUT2D eigenvalue weighted by Crippen LogP contribution is 2.24. The Morgan fingerprint density at radius 2 is 1.56 bits per heavy atom. The van der Waals surface area contributed by atoms with Crippen molar-refractivity contribution in [3.05, 3.63) is 95.3 Å². The van der Waals surface area contributed by atoms with Gasteiger partial charge in [-0.2, -0.15) is 0 Å². The summed E-state index contributed by atoms with van der Waals surface area (Å²) in [7, 11) is 1.48. The standard InChI is InChI=1S/C22H19FN2O2/c1-15-9-6-7-13-18(15)24-21(26)17-12-8-14-19(20(17)23)25(2)22(27)16-10-4-3-5-11-16/h3-14H,1-2H3,(H,24,26). The lowest BCUT2D eigenvalue weighted by Crippen LogP contribution is -2.28. The van der Waals surface area contributed by atoms with Crippen LogP contribution in [0.5, 0.6) is 0 Å². The van der Waals surface area contributed by atoms with Crippen molar-refractivity contribution in [3.63, 3.8) is 0 Å². The van der Waals surface area contributed by atoms with Crippen LogP contribution in [0.1, 0.15) is 26.3 Å². The number of nitrogens with one attached hydrogen (secondary N) is 1. The Morgan fingerprint density at radius 3 is 2.26 bits per heavy atom. The van der Waals surface area contributed by atoms with Crippen molar-refractivity contribution in [2.45, 2.75) is 6.92 Å². The fourth-order valence-corrected chi connectivity index (χ4v) is 2.74. The lowest BCUT2D eigenvalue weighted by Gasteiger charge is -2.19. The van der Waals surface area contributed by atoms with E-state index < -0.39 is 11.7 Å². The second kappa shape index (κ2) is 7.83. The zero-order valence-corrected chi connectivity index (χ0v) is 15.1. The van der Waals surface area contributed by atoms with E-state index in [2.05, 4.69) is 5.32 Å². The van der Waals surface area contributed by atoms with Crippen molar-refractivity contribution in [1.29, 1.82) is 0 Å². The molecular formula is C22H19FN2O2. The molecule has 0 heterocycles. The molecule has 0 aliphatic heterocycles. The van der Waals surface area contributed by atoms with Gasteiger partial charge in [-0.25, -0.2) is 4.39 Å². The minimum atomic E-state index is -0.740. The summed E-state index contributed by atoms with van der Waals surface area (Å²) in [5, 5.41) is 2.71. The molecule has 3 rings (SSSR count). The molecule has 136 valence electrons. The van der Waals surface area contributed by atoms with Crippen LogP contribution in [-0.2, 0) is 0 Å². The third kappa shape index (κ3) is 3.87. The van der Waals surface area contributed by atoms with Gasteiger partial charge in [0.05, 0.1) is 11.3 Å². The van der Waals surface area contributed by atoms with E-state index in [-0.39, 0.29) is 17.2 Å². The minimum Gasteiger partial charge on any atom is -0.322 e. The number of hydrogen-bond acceptors (Lipinski definition) is 2. The van der Waals surface area contributed by atoms with Gasteiger partial charge in [0.15, 0.2) is 5.82 Å². The van der Waals surface area contributed by atoms with Crippen molar-refractivity contribution in [1.82, 2.24) is 0 Å². The zero-order valence-electron chi connectivity index (χ0n) is 15.1. The molecule has 5 heteroatoms. The van der Waals surface area contributed by atoms with E-state index in [1.807, 2.05) is 19.1 Å². The van der Waals surface area contributed by atoms with Gasteiger partial charge in [-0.1, -0.05) is 42.5 Å². The quantitative estimate of drug-likeness (QED) is 0.734. The van der Waals surface area contributed by atoms with Gasteiger partial charge in [0, 0.05) is 18.3 Å². The van der Waals surface area contributed by atoms with Crippen LogP contribution in [0.15, 0.2) is 72.8 Å². The van der Waals surface area contributed by atoms with Gasteiger partial charge in [0.1, 0.15) is 0 Å². The number of anilines is 2. The van der Waals surface area contributed by atoms with Crippen LogP contribution in [-0.4, -0.2) is 18.9 Å². The third-order valence-corrected chi connectivity index (χ3v) is 4.30. The first-order chi connectivity index (χ1) is 13.0. The predicted molar refractivity (Wildman–Crippen MR) is 105 cm³/mol. The van der Waals surface area contributed by atoms with E-state index in [4.69, 9.17) is 0 Å². The number of benzene rings is 3. The Hall–Kier alpha value is -3.47. The van der Waals surface area contributed by atoms with Crippen molar-refractivity contribution in [2.24, 2.45) is 0 Å². The van der Waals surface area contributed by atoms with Gasteiger partial charge in [-0.15, -0.1) is 0 Å². The molecule has 4 nitrogen and oxygen atoms in total. The molecule has 2 amide bonds. The van der Waals surface area contributed by atoms with Crippen LogP contribution in [0.2, 0.25) is 0 Å². The van der Waals surface area contributed by atoms with E-state index in [0.29, 0.717) is 11.3 Å². The largest absolute Gasteiger partial charge is 0.322 e. The first kappa shape index (κ1) is 18.3. The maximum atomic E-state index is 15.0. The Balaban J connectivity index is 1.88. The van der Waals surface area contributed by atoms with Crippen molar-refractivity contribution < 1.29 is 14.0 Å². The molecule has 1 N–H and O–H groups in total. The topological polar surface area (TPSA) is 49.4 Å². The molecule has 27 heavy (non-hydrogen) atoms. The number of rotatable bonds is 4.